The fourth-order valence-electron chi connectivity index (χ4n) is 3.15. The molecule has 0 amide bonds. The highest BCUT2D eigenvalue weighted by molar-refractivity contribution is 5.85. The number of carboxylic acids is 1. The van der Waals surface area contributed by atoms with Gasteiger partial charge in [-0.15, -0.1) is 0 Å². The summed E-state index contributed by atoms with van der Waals surface area (Å²) in [4.78, 5) is 29.6. The van der Waals surface area contributed by atoms with Gasteiger partial charge in [-0.05, 0) is 12.8 Å². The molecule has 2 aliphatic rings. The molecule has 2 fully saturated rings. The maximum Gasteiger partial charge on any atom is 0.356 e. The number of esters is 1. The van der Waals surface area contributed by atoms with Crippen molar-refractivity contribution < 1.29 is 28.2 Å². The number of aromatic nitrogens is 2. The van der Waals surface area contributed by atoms with Crippen LogP contribution in [-0.2, 0) is 9.53 Å². The molecule has 7 nitrogen and oxygen atoms in total. The van der Waals surface area contributed by atoms with E-state index in [4.69, 9.17) is 5.11 Å². The van der Waals surface area contributed by atoms with Crippen molar-refractivity contribution in [3.8, 4) is 0 Å². The number of halogens is 2. The molecule has 0 aliphatic heterocycles. The third kappa shape index (κ3) is 1.92. The van der Waals surface area contributed by atoms with Gasteiger partial charge in [-0.1, -0.05) is 0 Å². The Bertz CT molecular complexity index is 629. The molecule has 2 N–H and O–H groups in total. The zero-order chi connectivity index (χ0) is 16.1. The number of rotatable bonds is 4. The fourth-order valence-corrected chi connectivity index (χ4v) is 3.15. The van der Waals surface area contributed by atoms with Gasteiger partial charge in [0.05, 0.1) is 24.9 Å². The molecule has 22 heavy (non-hydrogen) atoms. The molecule has 1 aromatic rings. The number of nitrogens with one attached hydrogen (secondary N) is 1. The first-order chi connectivity index (χ1) is 10.3. The third-order valence-electron chi connectivity index (χ3n) is 4.38. The summed E-state index contributed by atoms with van der Waals surface area (Å²) in [5.74, 6) is -6.17. The number of alkyl halides is 2. The number of anilines is 1. The van der Waals surface area contributed by atoms with Crippen molar-refractivity contribution in [3.63, 3.8) is 0 Å². The van der Waals surface area contributed by atoms with Crippen molar-refractivity contribution in [1.82, 2.24) is 9.97 Å². The molecule has 0 saturated heterocycles. The Morgan fingerprint density at radius 1 is 1.36 bits per heavy atom. The number of nitrogens with zero attached hydrogens (tertiary/aromatic N) is 2. The quantitative estimate of drug-likeness (QED) is 0.805. The Kier molecular flexibility index (Phi) is 3.05. The molecule has 2 aliphatic carbocycles. The van der Waals surface area contributed by atoms with Gasteiger partial charge in [0, 0.05) is 6.04 Å². The largest absolute Gasteiger partial charge is 0.476 e. The molecular weight excluding hydrogens is 300 g/mol. The van der Waals surface area contributed by atoms with Crippen molar-refractivity contribution in [2.45, 2.75) is 24.8 Å². The molecule has 3 rings (SSSR count). The van der Waals surface area contributed by atoms with E-state index < -0.39 is 29.2 Å². The summed E-state index contributed by atoms with van der Waals surface area (Å²) < 4.78 is 31.9. The summed E-state index contributed by atoms with van der Waals surface area (Å²) in [7, 11) is 1.10. The van der Waals surface area contributed by atoms with E-state index in [-0.39, 0.29) is 24.6 Å². The summed E-state index contributed by atoms with van der Waals surface area (Å²) in [6.07, 6.45) is 2.57. The maximum atomic E-state index is 13.8. The molecule has 2 saturated carbocycles. The Labute approximate surface area is 123 Å². The lowest BCUT2D eigenvalue weighted by Gasteiger charge is -2.36. The topological polar surface area (TPSA) is 101 Å². The Hall–Kier alpha value is -2.32. The standard InChI is InChI=1S/C13H13F2N3O4/c1-22-11(21)9-12(13(9,14)15)2-6(3-12)18-8-5-16-7(4-17-8)10(19)20/h4-6,9H,2-3H2,1H3,(H,17,18)(H,19,20)/t6?,9-,12?/m0/s1. The average Bonchev–Trinajstić information content (AvgIpc) is 2.95. The number of carbonyl (C=O) groups excluding carboxylic acids is 1. The van der Waals surface area contributed by atoms with E-state index in [1.807, 2.05) is 0 Å². The molecule has 1 aromatic heterocycles. The number of ether oxygens (including phenoxy) is 1. The number of hydrogen-bond acceptors (Lipinski definition) is 6. The molecule has 118 valence electrons. The lowest BCUT2D eigenvalue weighted by atomic mass is 9.74. The van der Waals surface area contributed by atoms with Crippen LogP contribution in [0, 0.1) is 11.3 Å². The predicted octanol–water partition coefficient (Wildman–Crippen LogP) is 1.17. The highest BCUT2D eigenvalue weighted by atomic mass is 19.3. The highest BCUT2D eigenvalue weighted by Gasteiger charge is 2.87. The molecule has 0 aromatic carbocycles. The van der Waals surface area contributed by atoms with E-state index >= 15 is 0 Å². The first-order valence-corrected chi connectivity index (χ1v) is 6.59. The second-order valence-corrected chi connectivity index (χ2v) is 5.58. The first-order valence-electron chi connectivity index (χ1n) is 6.59. The highest BCUT2D eigenvalue weighted by Crippen LogP contribution is 2.75. The number of carboxylic acid groups (broad SMARTS) is 1. The second kappa shape index (κ2) is 4.59. The van der Waals surface area contributed by atoms with Crippen LogP contribution in [0.5, 0.6) is 0 Å². The Morgan fingerprint density at radius 3 is 2.55 bits per heavy atom. The van der Waals surface area contributed by atoms with Gasteiger partial charge >= 0.3 is 11.9 Å². The van der Waals surface area contributed by atoms with Gasteiger partial charge in [0.15, 0.2) is 5.69 Å². The van der Waals surface area contributed by atoms with Gasteiger partial charge in [0.1, 0.15) is 11.7 Å². The van der Waals surface area contributed by atoms with E-state index in [2.05, 4.69) is 20.0 Å². The minimum absolute atomic E-state index is 0.127. The first kappa shape index (κ1) is 14.6. The predicted molar refractivity (Wildman–Crippen MR) is 68.5 cm³/mol. The van der Waals surface area contributed by atoms with Gasteiger partial charge in [-0.3, -0.25) is 4.79 Å². The minimum atomic E-state index is -3.03. The lowest BCUT2D eigenvalue weighted by molar-refractivity contribution is -0.145. The molecule has 0 bridgehead atoms. The number of aromatic carboxylic acids is 1. The van der Waals surface area contributed by atoms with E-state index in [0.717, 1.165) is 13.3 Å². The van der Waals surface area contributed by atoms with Crippen LogP contribution >= 0.6 is 0 Å². The van der Waals surface area contributed by atoms with E-state index in [0.29, 0.717) is 5.82 Å². The number of carbonyl (C=O) groups is 2. The summed E-state index contributed by atoms with van der Waals surface area (Å²) in [6, 6.07) is -0.259. The zero-order valence-corrected chi connectivity index (χ0v) is 11.5. The van der Waals surface area contributed by atoms with Crippen LogP contribution in [0.25, 0.3) is 0 Å². The zero-order valence-electron chi connectivity index (χ0n) is 11.5. The van der Waals surface area contributed by atoms with E-state index in [9.17, 15) is 18.4 Å². The van der Waals surface area contributed by atoms with Gasteiger partial charge in [0.25, 0.3) is 5.92 Å². The van der Waals surface area contributed by atoms with E-state index in [1.165, 1.54) is 6.20 Å². The van der Waals surface area contributed by atoms with Crippen LogP contribution in [0.4, 0.5) is 14.6 Å². The van der Waals surface area contributed by atoms with Crippen molar-refractivity contribution in [1.29, 1.82) is 0 Å². The van der Waals surface area contributed by atoms with Gasteiger partial charge in [-0.25, -0.2) is 23.5 Å². The summed E-state index contributed by atoms with van der Waals surface area (Å²) >= 11 is 0. The van der Waals surface area contributed by atoms with E-state index in [1.54, 1.807) is 0 Å². The summed E-state index contributed by atoms with van der Waals surface area (Å²) in [6.45, 7) is 0. The monoisotopic (exact) mass is 313 g/mol. The molecule has 1 heterocycles. The van der Waals surface area contributed by atoms with Crippen molar-refractivity contribution in [2.75, 3.05) is 12.4 Å². The molecule has 9 heteroatoms. The molecule has 0 radical (unpaired) electrons. The van der Waals surface area contributed by atoms with Crippen LogP contribution in [0.1, 0.15) is 23.3 Å². The van der Waals surface area contributed by atoms with Crippen LogP contribution < -0.4 is 5.32 Å². The Balaban J connectivity index is 1.60. The van der Waals surface area contributed by atoms with Crippen LogP contribution in [0.15, 0.2) is 12.4 Å². The second-order valence-electron chi connectivity index (χ2n) is 5.58. The van der Waals surface area contributed by atoms with Crippen molar-refractivity contribution in [2.24, 2.45) is 11.3 Å². The number of hydrogen-bond donors (Lipinski definition) is 2. The average molecular weight is 313 g/mol. The summed E-state index contributed by atoms with van der Waals surface area (Å²) in [5, 5.41) is 11.6. The fraction of sp³-hybridized carbons (Fsp3) is 0.538. The molecule has 1 spiro atoms. The molecule has 0 unspecified atom stereocenters. The van der Waals surface area contributed by atoms with Crippen molar-refractivity contribution >= 4 is 17.8 Å². The third-order valence-corrected chi connectivity index (χ3v) is 4.38. The van der Waals surface area contributed by atoms with Crippen molar-refractivity contribution in [3.05, 3.63) is 18.1 Å². The smallest absolute Gasteiger partial charge is 0.356 e. The SMILES string of the molecule is COC(=O)[C@@H]1C(F)(F)C12CC(Nc1cnc(C(=O)O)cn1)C2. The summed E-state index contributed by atoms with van der Waals surface area (Å²) in [5.41, 5.74) is -1.51. The number of methoxy groups -OCH3 is 1. The van der Waals surface area contributed by atoms with Gasteiger partial charge < -0.3 is 15.2 Å². The molecular formula is C13H13F2N3O4. The molecule has 1 atom stereocenters. The van der Waals surface area contributed by atoms with Gasteiger partial charge in [0.2, 0.25) is 0 Å². The maximum absolute atomic E-state index is 13.8. The van der Waals surface area contributed by atoms with Crippen LogP contribution in [0.3, 0.4) is 0 Å². The van der Waals surface area contributed by atoms with Crippen LogP contribution in [0.2, 0.25) is 0 Å². The van der Waals surface area contributed by atoms with Crippen LogP contribution in [-0.4, -0.2) is 46.1 Å². The van der Waals surface area contributed by atoms with Gasteiger partial charge in [-0.2, -0.15) is 0 Å². The minimum Gasteiger partial charge on any atom is -0.476 e. The lowest BCUT2D eigenvalue weighted by Crippen LogP contribution is -2.41. The Morgan fingerprint density at radius 2 is 2.05 bits per heavy atom. The normalized spacial score (nSPS) is 31.2.